The zero-order chi connectivity index (χ0) is 17.1. The van der Waals surface area contributed by atoms with Crippen LogP contribution in [0.25, 0.3) is 5.52 Å². The third kappa shape index (κ3) is 3.05. The summed E-state index contributed by atoms with van der Waals surface area (Å²) in [6.45, 7) is 0. The molecule has 1 unspecified atom stereocenters. The van der Waals surface area contributed by atoms with E-state index in [0.29, 0.717) is 16.9 Å². The third-order valence-corrected chi connectivity index (χ3v) is 3.63. The number of carbonyl (C=O) groups excluding carboxylic acids is 1. The quantitative estimate of drug-likeness (QED) is 0.747. The Hall–Kier alpha value is -3.35. The van der Waals surface area contributed by atoms with Crippen molar-refractivity contribution in [3.63, 3.8) is 0 Å². The van der Waals surface area contributed by atoms with Gasteiger partial charge in [0.25, 0.3) is 5.91 Å². The smallest absolute Gasteiger partial charge is 0.330 e. The van der Waals surface area contributed by atoms with E-state index in [0.717, 1.165) is 5.52 Å². The molecule has 7 heteroatoms. The number of nitrogens with one attached hydrogen (secondary N) is 1. The van der Waals surface area contributed by atoms with Crippen LogP contribution in [0, 0.1) is 0 Å². The highest BCUT2D eigenvalue weighted by Crippen LogP contribution is 2.19. The number of ether oxygens (including phenoxy) is 1. The van der Waals surface area contributed by atoms with Crippen LogP contribution in [0.5, 0.6) is 5.75 Å². The molecule has 2 aromatic heterocycles. The normalized spacial score (nSPS) is 11.9. The summed E-state index contributed by atoms with van der Waals surface area (Å²) in [5.41, 5.74) is 1.57. The number of rotatable bonds is 5. The minimum absolute atomic E-state index is 0.364. The summed E-state index contributed by atoms with van der Waals surface area (Å²) in [5.74, 6) is -0.999. The molecule has 0 aliphatic rings. The third-order valence-electron chi connectivity index (χ3n) is 3.63. The van der Waals surface area contributed by atoms with Crippen LogP contribution >= 0.6 is 0 Å². The molecule has 2 N–H and O–H groups in total. The Morgan fingerprint density at radius 2 is 1.96 bits per heavy atom. The summed E-state index contributed by atoms with van der Waals surface area (Å²) in [6, 6.07) is 10.4. The van der Waals surface area contributed by atoms with Crippen molar-refractivity contribution in [2.75, 3.05) is 7.11 Å². The fraction of sp³-hybridized carbons (Fsp3) is 0.118. The van der Waals surface area contributed by atoms with Gasteiger partial charge < -0.3 is 15.2 Å². The Kier molecular flexibility index (Phi) is 4.15. The van der Waals surface area contributed by atoms with Crippen LogP contribution in [0.15, 0.2) is 54.9 Å². The standard InChI is InChI=1S/C17H15N3O4/c1-24-14-4-2-11(3-5-14)15(17(22)23)19-16(21)12-7-9-20-13(10-12)6-8-18-20/h2-10,15H,1H3,(H,19,21)(H,22,23). The van der Waals surface area contributed by atoms with Gasteiger partial charge in [0.2, 0.25) is 0 Å². The van der Waals surface area contributed by atoms with E-state index in [1.807, 2.05) is 0 Å². The molecule has 0 radical (unpaired) electrons. The molecule has 0 fully saturated rings. The van der Waals surface area contributed by atoms with Crippen LogP contribution in [0.4, 0.5) is 0 Å². The zero-order valence-corrected chi connectivity index (χ0v) is 12.8. The zero-order valence-electron chi connectivity index (χ0n) is 12.8. The maximum atomic E-state index is 12.4. The van der Waals surface area contributed by atoms with Crippen molar-refractivity contribution in [1.82, 2.24) is 14.9 Å². The van der Waals surface area contributed by atoms with Gasteiger partial charge in [-0.1, -0.05) is 12.1 Å². The van der Waals surface area contributed by atoms with Gasteiger partial charge in [0.15, 0.2) is 6.04 Å². The highest BCUT2D eigenvalue weighted by atomic mass is 16.5. The van der Waals surface area contributed by atoms with E-state index >= 15 is 0 Å². The number of benzene rings is 1. The highest BCUT2D eigenvalue weighted by molar-refractivity contribution is 5.97. The van der Waals surface area contributed by atoms with E-state index in [-0.39, 0.29) is 0 Å². The molecule has 7 nitrogen and oxygen atoms in total. The SMILES string of the molecule is COc1ccc(C(NC(=O)c2ccn3nccc3c2)C(=O)O)cc1. The van der Waals surface area contributed by atoms with E-state index in [1.165, 1.54) is 7.11 Å². The van der Waals surface area contributed by atoms with Crippen molar-refractivity contribution in [2.24, 2.45) is 0 Å². The number of carbonyl (C=O) groups is 2. The largest absolute Gasteiger partial charge is 0.497 e. The number of aliphatic carboxylic acids is 1. The second-order valence-corrected chi connectivity index (χ2v) is 5.13. The predicted octanol–water partition coefficient (Wildman–Crippen LogP) is 1.90. The summed E-state index contributed by atoms with van der Waals surface area (Å²) >= 11 is 0. The van der Waals surface area contributed by atoms with Crippen LogP contribution in [-0.2, 0) is 4.79 Å². The number of hydrogen-bond acceptors (Lipinski definition) is 4. The fourth-order valence-electron chi connectivity index (χ4n) is 2.36. The maximum Gasteiger partial charge on any atom is 0.330 e. The first-order chi connectivity index (χ1) is 11.6. The van der Waals surface area contributed by atoms with Crippen molar-refractivity contribution < 1.29 is 19.4 Å². The topological polar surface area (TPSA) is 92.9 Å². The first kappa shape index (κ1) is 15.5. The van der Waals surface area contributed by atoms with Gasteiger partial charge in [-0.25, -0.2) is 9.31 Å². The van der Waals surface area contributed by atoms with E-state index in [1.54, 1.807) is 59.4 Å². The second-order valence-electron chi connectivity index (χ2n) is 5.13. The van der Waals surface area contributed by atoms with E-state index < -0.39 is 17.9 Å². The summed E-state index contributed by atoms with van der Waals surface area (Å²) < 4.78 is 6.67. The molecule has 24 heavy (non-hydrogen) atoms. The van der Waals surface area contributed by atoms with Gasteiger partial charge in [-0.15, -0.1) is 0 Å². The molecule has 3 aromatic rings. The molecule has 1 aromatic carbocycles. The lowest BCUT2D eigenvalue weighted by atomic mass is 10.1. The van der Waals surface area contributed by atoms with Crippen molar-refractivity contribution in [2.45, 2.75) is 6.04 Å². The lowest BCUT2D eigenvalue weighted by Crippen LogP contribution is -2.33. The van der Waals surface area contributed by atoms with Crippen LogP contribution in [0.2, 0.25) is 0 Å². The summed E-state index contributed by atoms with van der Waals surface area (Å²) in [4.78, 5) is 23.9. The number of carboxylic acids is 1. The average molecular weight is 325 g/mol. The summed E-state index contributed by atoms with van der Waals surface area (Å²) in [5, 5.41) is 16.0. The van der Waals surface area contributed by atoms with Gasteiger partial charge in [-0.2, -0.15) is 5.10 Å². The van der Waals surface area contributed by atoms with Crippen molar-refractivity contribution in [1.29, 1.82) is 0 Å². The van der Waals surface area contributed by atoms with Crippen LogP contribution in [0.3, 0.4) is 0 Å². The molecule has 0 bridgehead atoms. The number of hydrogen-bond donors (Lipinski definition) is 2. The van der Waals surface area contributed by atoms with Crippen LogP contribution < -0.4 is 10.1 Å². The number of aromatic nitrogens is 2. The Morgan fingerprint density at radius 3 is 2.62 bits per heavy atom. The lowest BCUT2D eigenvalue weighted by Gasteiger charge is -2.15. The Balaban J connectivity index is 1.83. The van der Waals surface area contributed by atoms with Gasteiger partial charge in [-0.05, 0) is 35.9 Å². The van der Waals surface area contributed by atoms with Gasteiger partial charge >= 0.3 is 5.97 Å². The molecule has 0 saturated heterocycles. The molecular weight excluding hydrogens is 310 g/mol. The molecule has 0 spiro atoms. The minimum Gasteiger partial charge on any atom is -0.497 e. The lowest BCUT2D eigenvalue weighted by molar-refractivity contribution is -0.139. The van der Waals surface area contributed by atoms with Crippen LogP contribution in [-0.4, -0.2) is 33.7 Å². The maximum absolute atomic E-state index is 12.4. The Bertz CT molecular complexity index is 886. The van der Waals surface area contributed by atoms with Crippen molar-refractivity contribution >= 4 is 17.4 Å². The molecule has 122 valence electrons. The number of amides is 1. The van der Waals surface area contributed by atoms with Crippen molar-refractivity contribution in [3.05, 3.63) is 66.0 Å². The van der Waals surface area contributed by atoms with E-state index in [4.69, 9.17) is 4.74 Å². The first-order valence-corrected chi connectivity index (χ1v) is 7.19. The van der Waals surface area contributed by atoms with Gasteiger partial charge in [0, 0.05) is 18.0 Å². The molecule has 1 amide bonds. The second kappa shape index (κ2) is 6.41. The molecule has 0 aliphatic carbocycles. The first-order valence-electron chi connectivity index (χ1n) is 7.19. The Labute approximate surface area is 137 Å². The van der Waals surface area contributed by atoms with E-state index in [9.17, 15) is 14.7 Å². The predicted molar refractivity (Wildman–Crippen MR) is 86.0 cm³/mol. The van der Waals surface area contributed by atoms with Crippen molar-refractivity contribution in [3.8, 4) is 5.75 Å². The number of pyridine rings is 1. The highest BCUT2D eigenvalue weighted by Gasteiger charge is 2.23. The number of methoxy groups -OCH3 is 1. The molecule has 1 atom stereocenters. The molecule has 3 rings (SSSR count). The van der Waals surface area contributed by atoms with Gasteiger partial charge in [0.1, 0.15) is 5.75 Å². The fourth-order valence-corrected chi connectivity index (χ4v) is 2.36. The number of carboxylic acid groups (broad SMARTS) is 1. The average Bonchev–Trinajstić information content (AvgIpc) is 3.07. The molecular formula is C17H15N3O4. The summed E-state index contributed by atoms with van der Waals surface area (Å²) in [6.07, 6.45) is 3.27. The monoisotopic (exact) mass is 325 g/mol. The molecule has 0 saturated carbocycles. The summed E-state index contributed by atoms with van der Waals surface area (Å²) in [7, 11) is 1.53. The van der Waals surface area contributed by atoms with Crippen LogP contribution in [0.1, 0.15) is 22.0 Å². The molecule has 0 aliphatic heterocycles. The number of fused-ring (bicyclic) bond motifs is 1. The molecule has 2 heterocycles. The van der Waals surface area contributed by atoms with E-state index in [2.05, 4.69) is 10.4 Å². The van der Waals surface area contributed by atoms with Gasteiger partial charge in [0.05, 0.1) is 12.6 Å². The Morgan fingerprint density at radius 1 is 1.21 bits per heavy atom. The minimum atomic E-state index is -1.15. The van der Waals surface area contributed by atoms with Gasteiger partial charge in [-0.3, -0.25) is 4.79 Å². The number of nitrogens with zero attached hydrogens (tertiary/aromatic N) is 2.